The number of benzene rings is 1. The number of nitrogens with one attached hydrogen (secondary N) is 1. The number of rotatable bonds is 8. The quantitative estimate of drug-likeness (QED) is 0.750. The monoisotopic (exact) mass is 318 g/mol. The largest absolute Gasteiger partial charge is 0.383 e. The first-order valence-electron chi connectivity index (χ1n) is 7.58. The van der Waals surface area contributed by atoms with Gasteiger partial charge in [0.2, 0.25) is 5.91 Å². The number of nitrogens with zero attached hydrogens (tertiary/aromatic N) is 2. The molecule has 0 saturated heterocycles. The second-order valence-corrected chi connectivity index (χ2v) is 5.17. The number of carbonyl (C=O) groups excluding carboxylic acids is 1. The molecule has 124 valence electrons. The van der Waals surface area contributed by atoms with Gasteiger partial charge >= 0.3 is 0 Å². The molecule has 2 aromatic rings. The highest BCUT2D eigenvalue weighted by molar-refractivity contribution is 5.81. The van der Waals surface area contributed by atoms with Gasteiger partial charge in [0, 0.05) is 25.6 Å². The third-order valence-corrected chi connectivity index (χ3v) is 3.38. The molecule has 1 aromatic carbocycles. The standard InChI is InChI=1S/C16H22N4O3/c1-3-14-19-16(23-20-14)12-6-4-11(5-7-12)8-9-18-15(21)13(17)10-22-2/h4-7,13H,3,8-10,17H2,1-2H3,(H,18,21). The fraction of sp³-hybridized carbons (Fsp3) is 0.438. The Kier molecular flexibility index (Phi) is 6.25. The Labute approximate surface area is 135 Å². The van der Waals surface area contributed by atoms with Crippen LogP contribution in [0.2, 0.25) is 0 Å². The summed E-state index contributed by atoms with van der Waals surface area (Å²) in [6.07, 6.45) is 1.46. The van der Waals surface area contributed by atoms with Crippen molar-refractivity contribution in [3.05, 3.63) is 35.7 Å². The van der Waals surface area contributed by atoms with Gasteiger partial charge in [0.1, 0.15) is 6.04 Å². The summed E-state index contributed by atoms with van der Waals surface area (Å²) in [5.41, 5.74) is 7.63. The van der Waals surface area contributed by atoms with Gasteiger partial charge in [-0.05, 0) is 24.1 Å². The van der Waals surface area contributed by atoms with Crippen LogP contribution in [0.4, 0.5) is 0 Å². The molecule has 0 bridgehead atoms. The van der Waals surface area contributed by atoms with Gasteiger partial charge in [-0.25, -0.2) is 0 Å². The number of ether oxygens (including phenoxy) is 1. The van der Waals surface area contributed by atoms with Crippen LogP contribution in [0.1, 0.15) is 18.3 Å². The van der Waals surface area contributed by atoms with Crippen LogP contribution in [0.25, 0.3) is 11.5 Å². The molecule has 7 heteroatoms. The molecule has 0 saturated carbocycles. The smallest absolute Gasteiger partial charge is 0.257 e. The zero-order chi connectivity index (χ0) is 16.7. The Bertz CT molecular complexity index is 625. The van der Waals surface area contributed by atoms with E-state index in [-0.39, 0.29) is 12.5 Å². The molecule has 2 rings (SSSR count). The van der Waals surface area contributed by atoms with Gasteiger partial charge in [-0.1, -0.05) is 24.2 Å². The predicted octanol–water partition coefficient (Wildman–Crippen LogP) is 0.931. The first kappa shape index (κ1) is 17.1. The molecule has 0 aliphatic heterocycles. The molecule has 7 nitrogen and oxygen atoms in total. The second-order valence-electron chi connectivity index (χ2n) is 5.17. The first-order chi connectivity index (χ1) is 11.1. The van der Waals surface area contributed by atoms with Gasteiger partial charge in [-0.2, -0.15) is 4.98 Å². The third kappa shape index (κ3) is 4.87. The second kappa shape index (κ2) is 8.40. The highest BCUT2D eigenvalue weighted by atomic mass is 16.5. The molecule has 0 spiro atoms. The summed E-state index contributed by atoms with van der Waals surface area (Å²) >= 11 is 0. The minimum Gasteiger partial charge on any atom is -0.383 e. The fourth-order valence-corrected chi connectivity index (χ4v) is 2.05. The molecule has 0 radical (unpaired) electrons. The molecule has 0 aliphatic carbocycles. The number of nitrogens with two attached hydrogens (primary N) is 1. The Hall–Kier alpha value is -2.25. The highest BCUT2D eigenvalue weighted by Crippen LogP contribution is 2.18. The van der Waals surface area contributed by atoms with E-state index in [2.05, 4.69) is 15.5 Å². The van der Waals surface area contributed by atoms with E-state index in [0.29, 0.717) is 18.3 Å². The van der Waals surface area contributed by atoms with Crippen LogP contribution in [0.3, 0.4) is 0 Å². The maximum absolute atomic E-state index is 11.6. The lowest BCUT2D eigenvalue weighted by molar-refractivity contribution is -0.123. The van der Waals surface area contributed by atoms with Gasteiger partial charge < -0.3 is 20.3 Å². The minimum atomic E-state index is -0.632. The van der Waals surface area contributed by atoms with Crippen molar-refractivity contribution in [2.45, 2.75) is 25.8 Å². The molecular weight excluding hydrogens is 296 g/mol. The maximum atomic E-state index is 11.6. The van der Waals surface area contributed by atoms with Gasteiger partial charge in [-0.15, -0.1) is 0 Å². The normalized spacial score (nSPS) is 12.1. The summed E-state index contributed by atoms with van der Waals surface area (Å²) < 4.78 is 10.0. The van der Waals surface area contributed by atoms with E-state index >= 15 is 0 Å². The Morgan fingerprint density at radius 3 is 2.74 bits per heavy atom. The summed E-state index contributed by atoms with van der Waals surface area (Å²) in [6, 6.07) is 7.19. The number of hydrogen-bond donors (Lipinski definition) is 2. The average molecular weight is 318 g/mol. The van der Waals surface area contributed by atoms with Crippen molar-refractivity contribution in [3.63, 3.8) is 0 Å². The van der Waals surface area contributed by atoms with Crippen molar-refractivity contribution >= 4 is 5.91 Å². The molecule has 3 N–H and O–H groups in total. The highest BCUT2D eigenvalue weighted by Gasteiger charge is 2.12. The molecule has 0 aliphatic rings. The van der Waals surface area contributed by atoms with Gasteiger partial charge in [0.15, 0.2) is 5.82 Å². The van der Waals surface area contributed by atoms with Gasteiger partial charge in [-0.3, -0.25) is 4.79 Å². The SMILES string of the molecule is CCc1noc(-c2ccc(CCNC(=O)C(N)COC)cc2)n1. The summed E-state index contributed by atoms with van der Waals surface area (Å²) in [5, 5.41) is 6.67. The zero-order valence-electron chi connectivity index (χ0n) is 13.4. The van der Waals surface area contributed by atoms with E-state index in [1.54, 1.807) is 0 Å². The van der Waals surface area contributed by atoms with Crippen molar-refractivity contribution in [2.24, 2.45) is 5.73 Å². The van der Waals surface area contributed by atoms with Crippen LogP contribution in [0, 0.1) is 0 Å². The van der Waals surface area contributed by atoms with E-state index in [4.69, 9.17) is 15.0 Å². The van der Waals surface area contributed by atoms with Crippen molar-refractivity contribution in [2.75, 3.05) is 20.3 Å². The van der Waals surface area contributed by atoms with Crippen LogP contribution in [0.15, 0.2) is 28.8 Å². The number of amides is 1. The third-order valence-electron chi connectivity index (χ3n) is 3.38. The van der Waals surface area contributed by atoms with Crippen LogP contribution in [-0.4, -0.2) is 42.4 Å². The molecule has 23 heavy (non-hydrogen) atoms. The van der Waals surface area contributed by atoms with Gasteiger partial charge in [0.05, 0.1) is 6.61 Å². The molecule has 0 fully saturated rings. The van der Waals surface area contributed by atoms with Crippen LogP contribution in [0.5, 0.6) is 0 Å². The molecule has 1 amide bonds. The van der Waals surface area contributed by atoms with E-state index in [1.165, 1.54) is 7.11 Å². The van der Waals surface area contributed by atoms with Gasteiger partial charge in [0.25, 0.3) is 5.89 Å². The van der Waals surface area contributed by atoms with E-state index < -0.39 is 6.04 Å². The minimum absolute atomic E-state index is 0.207. The average Bonchev–Trinajstić information content (AvgIpc) is 3.04. The first-order valence-corrected chi connectivity index (χ1v) is 7.58. The van der Waals surface area contributed by atoms with Crippen molar-refractivity contribution in [1.29, 1.82) is 0 Å². The molecule has 1 heterocycles. The topological polar surface area (TPSA) is 103 Å². The zero-order valence-corrected chi connectivity index (χ0v) is 13.4. The number of carbonyl (C=O) groups is 1. The van der Waals surface area contributed by atoms with Crippen LogP contribution in [-0.2, 0) is 22.4 Å². The summed E-state index contributed by atoms with van der Waals surface area (Å²) in [6.45, 7) is 2.71. The van der Waals surface area contributed by atoms with Crippen molar-refractivity contribution < 1.29 is 14.1 Å². The lowest BCUT2D eigenvalue weighted by atomic mass is 10.1. The maximum Gasteiger partial charge on any atom is 0.257 e. The number of hydrogen-bond acceptors (Lipinski definition) is 6. The molecule has 1 unspecified atom stereocenters. The van der Waals surface area contributed by atoms with E-state index in [1.807, 2.05) is 31.2 Å². The number of aromatic nitrogens is 2. The Balaban J connectivity index is 1.84. The molecular formula is C16H22N4O3. The predicted molar refractivity (Wildman–Crippen MR) is 85.7 cm³/mol. The summed E-state index contributed by atoms with van der Waals surface area (Å²) in [7, 11) is 1.52. The Morgan fingerprint density at radius 2 is 2.13 bits per heavy atom. The van der Waals surface area contributed by atoms with Crippen molar-refractivity contribution in [3.8, 4) is 11.5 Å². The van der Waals surface area contributed by atoms with Crippen molar-refractivity contribution in [1.82, 2.24) is 15.5 Å². The number of aryl methyl sites for hydroxylation is 1. The Morgan fingerprint density at radius 1 is 1.39 bits per heavy atom. The molecule has 1 aromatic heterocycles. The fourth-order valence-electron chi connectivity index (χ4n) is 2.05. The summed E-state index contributed by atoms with van der Waals surface area (Å²) in [4.78, 5) is 15.9. The summed E-state index contributed by atoms with van der Waals surface area (Å²) in [5.74, 6) is 1.01. The van der Waals surface area contributed by atoms with E-state index in [0.717, 1.165) is 24.0 Å². The lowest BCUT2D eigenvalue weighted by Crippen LogP contribution is -2.44. The van der Waals surface area contributed by atoms with Crippen LogP contribution < -0.4 is 11.1 Å². The van der Waals surface area contributed by atoms with E-state index in [9.17, 15) is 4.79 Å². The van der Waals surface area contributed by atoms with Crippen LogP contribution >= 0.6 is 0 Å². The molecule has 1 atom stereocenters. The lowest BCUT2D eigenvalue weighted by Gasteiger charge is -2.11. The number of methoxy groups -OCH3 is 1.